The summed E-state index contributed by atoms with van der Waals surface area (Å²) < 4.78 is 4.63. The number of anilines is 1. The first-order valence-electron chi connectivity index (χ1n) is 6.32. The number of amides is 1. The number of ether oxygens (including phenoxy) is 1. The maximum Gasteiger partial charge on any atom is 0.411 e. The van der Waals surface area contributed by atoms with Gasteiger partial charge in [0.15, 0.2) is 0 Å². The molecule has 3 nitrogen and oxygen atoms in total. The van der Waals surface area contributed by atoms with Crippen LogP contribution in [-0.2, 0) is 10.5 Å². The van der Waals surface area contributed by atoms with Gasteiger partial charge in [0, 0.05) is 16.3 Å². The Morgan fingerprint density at radius 1 is 1.15 bits per heavy atom. The van der Waals surface area contributed by atoms with Crippen LogP contribution in [0.5, 0.6) is 0 Å². The lowest BCUT2D eigenvalue weighted by molar-refractivity contribution is 0.187. The minimum atomic E-state index is -0.446. The van der Waals surface area contributed by atoms with E-state index in [1.165, 1.54) is 17.6 Å². The van der Waals surface area contributed by atoms with Crippen molar-refractivity contribution in [2.75, 3.05) is 12.4 Å². The van der Waals surface area contributed by atoms with Gasteiger partial charge < -0.3 is 4.74 Å². The maximum absolute atomic E-state index is 11.3. The summed E-state index contributed by atoms with van der Waals surface area (Å²) in [5.74, 6) is 0.797. The molecule has 2 rings (SSSR count). The van der Waals surface area contributed by atoms with Crippen molar-refractivity contribution in [1.29, 1.82) is 0 Å². The minimum Gasteiger partial charge on any atom is -0.453 e. The van der Waals surface area contributed by atoms with Crippen LogP contribution in [0.4, 0.5) is 10.5 Å². The highest BCUT2D eigenvalue weighted by atomic mass is 32.2. The molecule has 2 aromatic carbocycles. The van der Waals surface area contributed by atoms with Crippen LogP contribution < -0.4 is 5.32 Å². The Bertz CT molecular complexity index is 599. The summed E-state index contributed by atoms with van der Waals surface area (Å²) in [5, 5.41) is 2.74. The van der Waals surface area contributed by atoms with Crippen LogP contribution >= 0.6 is 11.8 Å². The molecule has 0 bridgehead atoms. The van der Waals surface area contributed by atoms with Gasteiger partial charge in [-0.05, 0) is 30.2 Å². The van der Waals surface area contributed by atoms with Crippen molar-refractivity contribution in [3.8, 4) is 0 Å². The molecule has 0 unspecified atom stereocenters. The smallest absolute Gasteiger partial charge is 0.411 e. The van der Waals surface area contributed by atoms with Gasteiger partial charge in [-0.25, -0.2) is 4.79 Å². The van der Waals surface area contributed by atoms with E-state index in [1.807, 2.05) is 36.4 Å². The average molecular weight is 287 g/mol. The molecule has 0 fully saturated rings. The van der Waals surface area contributed by atoms with Crippen LogP contribution in [0.15, 0.2) is 53.4 Å². The highest BCUT2D eigenvalue weighted by Gasteiger charge is 2.07. The van der Waals surface area contributed by atoms with Crippen LogP contribution in [-0.4, -0.2) is 13.2 Å². The summed E-state index contributed by atoms with van der Waals surface area (Å²) in [6.45, 7) is 2.10. The first-order chi connectivity index (χ1) is 9.70. The minimum absolute atomic E-state index is 0.446. The van der Waals surface area contributed by atoms with Crippen molar-refractivity contribution in [3.05, 3.63) is 59.7 Å². The normalized spacial score (nSPS) is 10.1. The van der Waals surface area contributed by atoms with Gasteiger partial charge in [0.05, 0.1) is 7.11 Å². The summed E-state index contributed by atoms with van der Waals surface area (Å²) >= 11 is 1.76. The third kappa shape index (κ3) is 3.78. The van der Waals surface area contributed by atoms with Crippen LogP contribution in [0, 0.1) is 6.92 Å². The van der Waals surface area contributed by atoms with Crippen molar-refractivity contribution in [2.24, 2.45) is 0 Å². The lowest BCUT2D eigenvalue weighted by Gasteiger charge is -2.11. The van der Waals surface area contributed by atoms with Gasteiger partial charge in [0.1, 0.15) is 0 Å². The molecule has 20 heavy (non-hydrogen) atoms. The molecular formula is C16H17NO2S. The van der Waals surface area contributed by atoms with E-state index in [4.69, 9.17) is 0 Å². The zero-order valence-electron chi connectivity index (χ0n) is 11.6. The lowest BCUT2D eigenvalue weighted by atomic mass is 10.2. The molecule has 0 saturated heterocycles. The predicted molar refractivity (Wildman–Crippen MR) is 83.2 cm³/mol. The molecule has 0 aromatic heterocycles. The van der Waals surface area contributed by atoms with E-state index < -0.39 is 6.09 Å². The molecule has 0 heterocycles. The summed E-state index contributed by atoms with van der Waals surface area (Å²) in [6.07, 6.45) is -0.446. The monoisotopic (exact) mass is 287 g/mol. The van der Waals surface area contributed by atoms with Gasteiger partial charge in [-0.15, -0.1) is 11.8 Å². The Labute approximate surface area is 123 Å². The molecule has 0 aliphatic rings. The highest BCUT2D eigenvalue weighted by molar-refractivity contribution is 7.98. The second-order valence-electron chi connectivity index (χ2n) is 4.33. The summed E-state index contributed by atoms with van der Waals surface area (Å²) in [5.41, 5.74) is 3.13. The van der Waals surface area contributed by atoms with Crippen molar-refractivity contribution < 1.29 is 9.53 Å². The Morgan fingerprint density at radius 3 is 2.60 bits per heavy atom. The molecule has 2 aromatic rings. The van der Waals surface area contributed by atoms with Gasteiger partial charge in [-0.3, -0.25) is 5.32 Å². The first kappa shape index (κ1) is 14.5. The van der Waals surface area contributed by atoms with Crippen molar-refractivity contribution in [1.82, 2.24) is 0 Å². The summed E-state index contributed by atoms with van der Waals surface area (Å²) in [6, 6.07) is 16.0. The zero-order valence-corrected chi connectivity index (χ0v) is 12.4. The SMILES string of the molecule is COC(=O)Nc1ccccc1CSc1ccccc1C. The highest BCUT2D eigenvalue weighted by Crippen LogP contribution is 2.28. The number of hydrogen-bond donors (Lipinski definition) is 1. The van der Waals surface area contributed by atoms with Gasteiger partial charge in [0.25, 0.3) is 0 Å². The van der Waals surface area contributed by atoms with E-state index in [2.05, 4.69) is 29.1 Å². The average Bonchev–Trinajstić information content (AvgIpc) is 2.47. The third-order valence-corrected chi connectivity index (χ3v) is 4.14. The van der Waals surface area contributed by atoms with E-state index >= 15 is 0 Å². The predicted octanol–water partition coefficient (Wildman–Crippen LogP) is 4.47. The molecule has 0 atom stereocenters. The fraction of sp³-hybridized carbons (Fsp3) is 0.188. The summed E-state index contributed by atoms with van der Waals surface area (Å²) in [7, 11) is 1.36. The van der Waals surface area contributed by atoms with Crippen molar-refractivity contribution in [2.45, 2.75) is 17.6 Å². The molecule has 0 saturated carbocycles. The van der Waals surface area contributed by atoms with Crippen LogP contribution in [0.3, 0.4) is 0 Å². The Morgan fingerprint density at radius 2 is 1.85 bits per heavy atom. The second-order valence-corrected chi connectivity index (χ2v) is 5.35. The largest absolute Gasteiger partial charge is 0.453 e. The number of thioether (sulfide) groups is 1. The Balaban J connectivity index is 2.10. The number of para-hydroxylation sites is 1. The number of benzene rings is 2. The maximum atomic E-state index is 11.3. The fourth-order valence-corrected chi connectivity index (χ4v) is 2.84. The number of rotatable bonds is 4. The van der Waals surface area contributed by atoms with E-state index in [-0.39, 0.29) is 0 Å². The number of nitrogens with one attached hydrogen (secondary N) is 1. The summed E-state index contributed by atoms with van der Waals surface area (Å²) in [4.78, 5) is 12.6. The number of aryl methyl sites for hydroxylation is 1. The van der Waals surface area contributed by atoms with Gasteiger partial charge in [-0.1, -0.05) is 36.4 Å². The van der Waals surface area contributed by atoms with Crippen LogP contribution in [0.2, 0.25) is 0 Å². The van der Waals surface area contributed by atoms with Gasteiger partial charge in [0.2, 0.25) is 0 Å². The second kappa shape index (κ2) is 7.01. The lowest BCUT2D eigenvalue weighted by Crippen LogP contribution is -2.12. The Hall–Kier alpha value is -1.94. The number of methoxy groups -OCH3 is 1. The van der Waals surface area contributed by atoms with Gasteiger partial charge in [-0.2, -0.15) is 0 Å². The quantitative estimate of drug-likeness (QED) is 0.843. The molecule has 1 N–H and O–H groups in total. The van der Waals surface area contributed by atoms with E-state index in [0.29, 0.717) is 0 Å². The molecule has 0 spiro atoms. The molecule has 4 heteroatoms. The number of carbonyl (C=O) groups excluding carboxylic acids is 1. The molecule has 0 aliphatic heterocycles. The fourth-order valence-electron chi connectivity index (χ4n) is 1.80. The molecule has 0 radical (unpaired) electrons. The van der Waals surface area contributed by atoms with E-state index in [9.17, 15) is 4.79 Å². The molecule has 104 valence electrons. The van der Waals surface area contributed by atoms with Gasteiger partial charge >= 0.3 is 6.09 Å². The zero-order chi connectivity index (χ0) is 14.4. The number of carbonyl (C=O) groups is 1. The Kier molecular flexibility index (Phi) is 5.07. The first-order valence-corrected chi connectivity index (χ1v) is 7.30. The molecular weight excluding hydrogens is 270 g/mol. The molecule has 0 aliphatic carbocycles. The van der Waals surface area contributed by atoms with Crippen LogP contribution in [0.25, 0.3) is 0 Å². The molecule has 1 amide bonds. The van der Waals surface area contributed by atoms with Crippen LogP contribution in [0.1, 0.15) is 11.1 Å². The van der Waals surface area contributed by atoms with Crippen molar-refractivity contribution in [3.63, 3.8) is 0 Å². The number of hydrogen-bond acceptors (Lipinski definition) is 3. The topological polar surface area (TPSA) is 38.3 Å². The van der Waals surface area contributed by atoms with Crippen molar-refractivity contribution >= 4 is 23.5 Å². The van der Waals surface area contributed by atoms with E-state index in [1.54, 1.807) is 11.8 Å². The third-order valence-electron chi connectivity index (χ3n) is 2.92. The van der Waals surface area contributed by atoms with E-state index in [0.717, 1.165) is 17.0 Å². The standard InChI is InChI=1S/C16H17NO2S/c1-12-7-3-6-10-15(12)20-11-13-8-4-5-9-14(13)17-16(18)19-2/h3-10H,11H2,1-2H3,(H,17,18).